The van der Waals surface area contributed by atoms with Crippen LogP contribution < -0.4 is 15.0 Å². The van der Waals surface area contributed by atoms with Crippen molar-refractivity contribution in [3.8, 4) is 5.75 Å². The van der Waals surface area contributed by atoms with Crippen LogP contribution in [-0.2, 0) is 0 Å². The summed E-state index contributed by atoms with van der Waals surface area (Å²) in [7, 11) is 1.61. The van der Waals surface area contributed by atoms with Gasteiger partial charge in [0.1, 0.15) is 5.75 Å². The third-order valence-corrected chi connectivity index (χ3v) is 4.28. The summed E-state index contributed by atoms with van der Waals surface area (Å²) >= 11 is 0. The molecule has 23 heavy (non-hydrogen) atoms. The highest BCUT2D eigenvalue weighted by Crippen LogP contribution is 2.26. The van der Waals surface area contributed by atoms with Crippen molar-refractivity contribution in [2.24, 2.45) is 0 Å². The van der Waals surface area contributed by atoms with Crippen LogP contribution in [0.5, 0.6) is 5.75 Å². The second-order valence-electron chi connectivity index (χ2n) is 5.88. The van der Waals surface area contributed by atoms with Gasteiger partial charge in [0.2, 0.25) is 0 Å². The van der Waals surface area contributed by atoms with E-state index in [2.05, 4.69) is 22.3 Å². The smallest absolute Gasteiger partial charge is 0.255 e. The molecule has 2 aromatic carbocycles. The van der Waals surface area contributed by atoms with Gasteiger partial charge in [0.15, 0.2) is 0 Å². The van der Waals surface area contributed by atoms with Gasteiger partial charge in [-0.3, -0.25) is 4.79 Å². The minimum atomic E-state index is -0.107. The number of hydrogen-bond acceptors (Lipinski definition) is 3. The molecular formula is C19H22N2O2. The zero-order valence-electron chi connectivity index (χ0n) is 13.6. The highest BCUT2D eigenvalue weighted by atomic mass is 16.5. The van der Waals surface area contributed by atoms with Gasteiger partial charge in [-0.05, 0) is 67.8 Å². The van der Waals surface area contributed by atoms with Crippen LogP contribution in [0.1, 0.15) is 28.8 Å². The molecule has 0 radical (unpaired) electrons. The van der Waals surface area contributed by atoms with Crippen LogP contribution in [-0.4, -0.2) is 26.1 Å². The van der Waals surface area contributed by atoms with E-state index >= 15 is 0 Å². The van der Waals surface area contributed by atoms with E-state index in [4.69, 9.17) is 4.74 Å². The van der Waals surface area contributed by atoms with Gasteiger partial charge in [-0.1, -0.05) is 0 Å². The molecule has 0 unspecified atom stereocenters. The number of carbonyl (C=O) groups excluding carboxylic acids is 1. The third kappa shape index (κ3) is 3.47. The quantitative estimate of drug-likeness (QED) is 0.932. The molecule has 1 saturated heterocycles. The Hall–Kier alpha value is -2.49. The summed E-state index contributed by atoms with van der Waals surface area (Å²) in [5, 5.41) is 2.98. The number of aryl methyl sites for hydroxylation is 1. The summed E-state index contributed by atoms with van der Waals surface area (Å²) in [5.74, 6) is 0.636. The lowest BCUT2D eigenvalue weighted by molar-refractivity contribution is 0.102. The van der Waals surface area contributed by atoms with Crippen LogP contribution in [0, 0.1) is 6.92 Å². The Kier molecular flexibility index (Phi) is 4.51. The molecule has 0 spiro atoms. The van der Waals surface area contributed by atoms with Crippen molar-refractivity contribution in [1.82, 2.24) is 0 Å². The van der Waals surface area contributed by atoms with Crippen molar-refractivity contribution in [2.75, 3.05) is 30.4 Å². The Morgan fingerprint density at radius 2 is 1.78 bits per heavy atom. The monoisotopic (exact) mass is 310 g/mol. The number of ether oxygens (including phenoxy) is 1. The molecule has 3 rings (SSSR count). The van der Waals surface area contributed by atoms with E-state index in [1.165, 1.54) is 18.5 Å². The van der Waals surface area contributed by atoms with Gasteiger partial charge < -0.3 is 15.0 Å². The highest BCUT2D eigenvalue weighted by molar-refractivity contribution is 6.04. The molecule has 1 aliphatic heterocycles. The molecule has 1 aliphatic rings. The van der Waals surface area contributed by atoms with Crippen LogP contribution in [0.15, 0.2) is 42.5 Å². The van der Waals surface area contributed by atoms with Gasteiger partial charge in [-0.25, -0.2) is 0 Å². The second kappa shape index (κ2) is 6.73. The minimum Gasteiger partial charge on any atom is -0.497 e. The maximum Gasteiger partial charge on any atom is 0.255 e. The first kappa shape index (κ1) is 15.4. The van der Waals surface area contributed by atoms with Crippen LogP contribution in [0.3, 0.4) is 0 Å². The van der Waals surface area contributed by atoms with Crippen molar-refractivity contribution in [3.63, 3.8) is 0 Å². The molecular weight excluding hydrogens is 288 g/mol. The fourth-order valence-corrected chi connectivity index (χ4v) is 2.90. The zero-order valence-corrected chi connectivity index (χ0v) is 13.6. The minimum absolute atomic E-state index is 0.107. The van der Waals surface area contributed by atoms with Gasteiger partial charge in [0.05, 0.1) is 7.11 Å². The molecule has 4 heteroatoms. The van der Waals surface area contributed by atoms with Crippen LogP contribution in [0.2, 0.25) is 0 Å². The van der Waals surface area contributed by atoms with Gasteiger partial charge in [-0.2, -0.15) is 0 Å². The van der Waals surface area contributed by atoms with E-state index in [1.54, 1.807) is 31.4 Å². The number of rotatable bonds is 4. The van der Waals surface area contributed by atoms with Gasteiger partial charge in [0, 0.05) is 30.0 Å². The average molecular weight is 310 g/mol. The first-order chi connectivity index (χ1) is 11.2. The van der Waals surface area contributed by atoms with E-state index < -0.39 is 0 Å². The molecule has 1 amide bonds. The third-order valence-electron chi connectivity index (χ3n) is 4.28. The van der Waals surface area contributed by atoms with Gasteiger partial charge >= 0.3 is 0 Å². The standard InChI is InChI=1S/C19H22N2O2/c1-14-13-16(21-11-3-4-12-21)7-10-18(14)20-19(22)15-5-8-17(23-2)9-6-15/h5-10,13H,3-4,11-12H2,1-2H3,(H,20,22). The molecule has 2 aromatic rings. The summed E-state index contributed by atoms with van der Waals surface area (Å²) in [6, 6.07) is 13.3. The summed E-state index contributed by atoms with van der Waals surface area (Å²) in [5.41, 5.74) is 3.79. The first-order valence-corrected chi connectivity index (χ1v) is 7.98. The van der Waals surface area contributed by atoms with Crippen LogP contribution in [0.4, 0.5) is 11.4 Å². The molecule has 0 atom stereocenters. The molecule has 0 saturated carbocycles. The maximum absolute atomic E-state index is 12.3. The van der Waals surface area contributed by atoms with Crippen molar-refractivity contribution >= 4 is 17.3 Å². The Bertz CT molecular complexity index is 689. The SMILES string of the molecule is COc1ccc(C(=O)Nc2ccc(N3CCCC3)cc2C)cc1. The Morgan fingerprint density at radius 3 is 2.39 bits per heavy atom. The molecule has 1 N–H and O–H groups in total. The van der Waals surface area contributed by atoms with Gasteiger partial charge in [0.25, 0.3) is 5.91 Å². The number of methoxy groups -OCH3 is 1. The summed E-state index contributed by atoms with van der Waals surface area (Å²) in [4.78, 5) is 14.7. The number of benzene rings is 2. The van der Waals surface area contributed by atoms with E-state index in [-0.39, 0.29) is 5.91 Å². The number of anilines is 2. The van der Waals surface area contributed by atoms with Crippen molar-refractivity contribution in [2.45, 2.75) is 19.8 Å². The zero-order chi connectivity index (χ0) is 16.2. The Morgan fingerprint density at radius 1 is 1.09 bits per heavy atom. The number of nitrogens with zero attached hydrogens (tertiary/aromatic N) is 1. The fraction of sp³-hybridized carbons (Fsp3) is 0.316. The molecule has 0 aliphatic carbocycles. The van der Waals surface area contributed by atoms with E-state index in [9.17, 15) is 4.79 Å². The molecule has 120 valence electrons. The maximum atomic E-state index is 12.3. The molecule has 0 bridgehead atoms. The topological polar surface area (TPSA) is 41.6 Å². The normalized spacial score (nSPS) is 13.9. The number of amides is 1. The van der Waals surface area contributed by atoms with Gasteiger partial charge in [-0.15, -0.1) is 0 Å². The Balaban J connectivity index is 1.72. The van der Waals surface area contributed by atoms with Crippen molar-refractivity contribution in [1.29, 1.82) is 0 Å². The molecule has 1 fully saturated rings. The summed E-state index contributed by atoms with van der Waals surface area (Å²) in [6.07, 6.45) is 2.52. The summed E-state index contributed by atoms with van der Waals surface area (Å²) in [6.45, 7) is 4.27. The highest BCUT2D eigenvalue weighted by Gasteiger charge is 2.14. The second-order valence-corrected chi connectivity index (χ2v) is 5.88. The average Bonchev–Trinajstić information content (AvgIpc) is 3.11. The van der Waals surface area contributed by atoms with Crippen LogP contribution >= 0.6 is 0 Å². The number of carbonyl (C=O) groups is 1. The number of nitrogens with one attached hydrogen (secondary N) is 1. The molecule has 1 heterocycles. The number of hydrogen-bond donors (Lipinski definition) is 1. The molecule has 0 aromatic heterocycles. The summed E-state index contributed by atoms with van der Waals surface area (Å²) < 4.78 is 5.11. The predicted octanol–water partition coefficient (Wildman–Crippen LogP) is 3.86. The lowest BCUT2D eigenvalue weighted by atomic mass is 10.1. The van der Waals surface area contributed by atoms with E-state index in [1.807, 2.05) is 13.0 Å². The lowest BCUT2D eigenvalue weighted by Gasteiger charge is -2.19. The largest absolute Gasteiger partial charge is 0.497 e. The first-order valence-electron chi connectivity index (χ1n) is 7.98. The van der Waals surface area contributed by atoms with Crippen molar-refractivity contribution < 1.29 is 9.53 Å². The fourth-order valence-electron chi connectivity index (χ4n) is 2.90. The van der Waals surface area contributed by atoms with E-state index in [0.717, 1.165) is 30.1 Å². The van der Waals surface area contributed by atoms with Crippen molar-refractivity contribution in [3.05, 3.63) is 53.6 Å². The van der Waals surface area contributed by atoms with E-state index in [0.29, 0.717) is 5.56 Å². The lowest BCUT2D eigenvalue weighted by Crippen LogP contribution is -2.18. The Labute approximate surface area is 137 Å². The predicted molar refractivity (Wildman–Crippen MR) is 93.6 cm³/mol. The molecule has 4 nitrogen and oxygen atoms in total. The van der Waals surface area contributed by atoms with Crippen LogP contribution in [0.25, 0.3) is 0 Å².